The van der Waals surface area contributed by atoms with Crippen molar-refractivity contribution < 1.29 is 9.90 Å². The fourth-order valence-corrected chi connectivity index (χ4v) is 3.17. The number of carboxylic acid groups (broad SMARTS) is 1. The van der Waals surface area contributed by atoms with E-state index < -0.39 is 5.97 Å². The largest absolute Gasteiger partial charge is 0.481 e. The smallest absolute Gasteiger partial charge is 0.306 e. The summed E-state index contributed by atoms with van der Waals surface area (Å²) >= 11 is 3.57. The van der Waals surface area contributed by atoms with Crippen molar-refractivity contribution in [1.29, 1.82) is 0 Å². The van der Waals surface area contributed by atoms with Gasteiger partial charge in [0, 0.05) is 6.42 Å². The Balaban J connectivity index is 3.39. The summed E-state index contributed by atoms with van der Waals surface area (Å²) in [5, 5.41) is 8.83. The van der Waals surface area contributed by atoms with Crippen molar-refractivity contribution in [3.63, 3.8) is 0 Å². The van der Waals surface area contributed by atoms with Gasteiger partial charge in [0.15, 0.2) is 0 Å². The van der Waals surface area contributed by atoms with Gasteiger partial charge in [-0.25, -0.2) is 0 Å². The molecule has 0 heterocycles. The summed E-state index contributed by atoms with van der Waals surface area (Å²) < 4.78 is 0. The van der Waals surface area contributed by atoms with Crippen LogP contribution in [0, 0.1) is 17.8 Å². The lowest BCUT2D eigenvalue weighted by Crippen LogP contribution is -2.09. The number of halogens is 1. The molecule has 0 rings (SSSR count). The Labute approximate surface area is 158 Å². The molecule has 0 bridgehead atoms. The average Bonchev–Trinajstić information content (AvgIpc) is 2.55. The summed E-state index contributed by atoms with van der Waals surface area (Å²) in [6.07, 6.45) is 17.2. The predicted molar refractivity (Wildman–Crippen MR) is 108 cm³/mol. The van der Waals surface area contributed by atoms with Crippen LogP contribution < -0.4 is 0 Å². The fraction of sp³-hybridized carbons (Fsp3) is 0.857. The minimum atomic E-state index is -0.701. The number of rotatable bonds is 15. The summed E-state index contributed by atoms with van der Waals surface area (Å²) in [4.78, 5) is 10.9. The van der Waals surface area contributed by atoms with Gasteiger partial charge >= 0.3 is 5.97 Å². The molecule has 0 aromatic carbocycles. The zero-order chi connectivity index (χ0) is 18.0. The van der Waals surface area contributed by atoms with E-state index in [-0.39, 0.29) is 10.7 Å². The third kappa shape index (κ3) is 16.4. The lowest BCUT2D eigenvalue weighted by Gasteiger charge is -2.06. The van der Waals surface area contributed by atoms with Crippen LogP contribution in [0.15, 0.2) is 0 Å². The van der Waals surface area contributed by atoms with E-state index >= 15 is 0 Å². The van der Waals surface area contributed by atoms with Crippen molar-refractivity contribution in [3.05, 3.63) is 0 Å². The van der Waals surface area contributed by atoms with Gasteiger partial charge in [0.05, 0.1) is 10.7 Å². The van der Waals surface area contributed by atoms with Gasteiger partial charge in [0.2, 0.25) is 0 Å². The molecule has 0 amide bonds. The summed E-state index contributed by atoms with van der Waals surface area (Å²) in [5.74, 6) is 5.55. The van der Waals surface area contributed by atoms with Crippen LogP contribution in [0.4, 0.5) is 0 Å². The number of carboxylic acids is 1. The molecule has 0 aliphatic heterocycles. The second-order valence-electron chi connectivity index (χ2n) is 6.89. The van der Waals surface area contributed by atoms with Crippen LogP contribution >= 0.6 is 15.9 Å². The van der Waals surface area contributed by atoms with E-state index in [1.807, 2.05) is 0 Å². The molecular weight excluding hydrogens is 364 g/mol. The van der Waals surface area contributed by atoms with Crippen LogP contribution in [0.2, 0.25) is 0 Å². The molecule has 2 unspecified atom stereocenters. The van der Waals surface area contributed by atoms with Gasteiger partial charge < -0.3 is 5.11 Å². The summed E-state index contributed by atoms with van der Waals surface area (Å²) in [5.41, 5.74) is 0. The zero-order valence-electron chi connectivity index (χ0n) is 15.8. The first-order valence-electron chi connectivity index (χ1n) is 9.93. The molecule has 0 fully saturated rings. The fourth-order valence-electron chi connectivity index (χ4n) is 2.68. The van der Waals surface area contributed by atoms with Gasteiger partial charge in [0.1, 0.15) is 0 Å². The van der Waals surface area contributed by atoms with Crippen LogP contribution in [-0.2, 0) is 4.79 Å². The van der Waals surface area contributed by atoms with Crippen LogP contribution in [0.5, 0.6) is 0 Å². The Bertz CT molecular complexity index is 357. The van der Waals surface area contributed by atoms with Gasteiger partial charge in [-0.1, -0.05) is 99.9 Å². The van der Waals surface area contributed by atoms with E-state index in [4.69, 9.17) is 5.11 Å². The first kappa shape index (κ1) is 23.5. The van der Waals surface area contributed by atoms with E-state index in [2.05, 4.69) is 34.7 Å². The Morgan fingerprint density at radius 1 is 0.917 bits per heavy atom. The van der Waals surface area contributed by atoms with Crippen molar-refractivity contribution in [2.24, 2.45) is 5.92 Å². The van der Waals surface area contributed by atoms with Gasteiger partial charge in [-0.15, -0.1) is 5.92 Å². The molecule has 140 valence electrons. The Morgan fingerprint density at radius 2 is 1.46 bits per heavy atom. The highest BCUT2D eigenvalue weighted by Crippen LogP contribution is 2.14. The van der Waals surface area contributed by atoms with Gasteiger partial charge in [-0.05, 0) is 19.3 Å². The first-order chi connectivity index (χ1) is 11.6. The first-order valence-corrected chi connectivity index (χ1v) is 10.8. The highest BCUT2D eigenvalue weighted by atomic mass is 79.9. The van der Waals surface area contributed by atoms with E-state index in [1.54, 1.807) is 6.92 Å². The van der Waals surface area contributed by atoms with Crippen molar-refractivity contribution in [2.75, 3.05) is 0 Å². The summed E-state index contributed by atoms with van der Waals surface area (Å²) in [7, 11) is 0. The number of carbonyl (C=O) groups is 1. The number of hydrogen-bond acceptors (Lipinski definition) is 1. The molecule has 0 aromatic heterocycles. The van der Waals surface area contributed by atoms with Gasteiger partial charge in [-0.2, -0.15) is 0 Å². The monoisotopic (exact) mass is 400 g/mol. The second-order valence-corrected chi connectivity index (χ2v) is 8.00. The Kier molecular flexibility index (Phi) is 17.0. The molecule has 2 atom stereocenters. The van der Waals surface area contributed by atoms with Crippen molar-refractivity contribution in [1.82, 2.24) is 0 Å². The molecule has 3 heteroatoms. The summed E-state index contributed by atoms with van der Waals surface area (Å²) in [6, 6.07) is 0. The minimum absolute atomic E-state index is 0.210. The average molecular weight is 401 g/mol. The van der Waals surface area contributed by atoms with Gasteiger partial charge in [-0.3, -0.25) is 4.79 Å². The predicted octanol–water partition coefficient (Wildman–Crippen LogP) is 6.96. The maximum Gasteiger partial charge on any atom is 0.306 e. The number of hydrogen-bond donors (Lipinski definition) is 1. The number of alkyl halides is 1. The normalized spacial score (nSPS) is 13.1. The molecule has 24 heavy (non-hydrogen) atoms. The standard InChI is InChI=1S/C21H37BrO2/c1-3-4-5-6-7-8-9-10-11-12-13-14-17-20(22)18-15-16-19(2)21(23)24/h19-20H,3-13,15-16,18H2,1-2H3,(H,23,24). The van der Waals surface area contributed by atoms with Crippen molar-refractivity contribution in [2.45, 2.75) is 109 Å². The third-order valence-corrected chi connectivity index (χ3v) is 5.12. The summed E-state index contributed by atoms with van der Waals surface area (Å²) in [6.45, 7) is 4.03. The molecule has 0 saturated heterocycles. The van der Waals surface area contributed by atoms with E-state index in [1.165, 1.54) is 64.2 Å². The molecule has 0 aromatic rings. The maximum atomic E-state index is 10.7. The lowest BCUT2D eigenvalue weighted by molar-refractivity contribution is -0.141. The molecule has 0 aliphatic carbocycles. The molecule has 1 N–H and O–H groups in total. The highest BCUT2D eigenvalue weighted by molar-refractivity contribution is 9.09. The van der Waals surface area contributed by atoms with Crippen LogP contribution in [0.25, 0.3) is 0 Å². The van der Waals surface area contributed by atoms with Crippen molar-refractivity contribution >= 4 is 21.9 Å². The highest BCUT2D eigenvalue weighted by Gasteiger charge is 2.10. The Hall–Kier alpha value is -0.490. The molecule has 0 radical (unpaired) electrons. The van der Waals surface area contributed by atoms with Crippen LogP contribution in [-0.4, -0.2) is 15.9 Å². The lowest BCUT2D eigenvalue weighted by atomic mass is 10.0. The van der Waals surface area contributed by atoms with Crippen LogP contribution in [0.1, 0.15) is 104 Å². The van der Waals surface area contributed by atoms with Crippen molar-refractivity contribution in [3.8, 4) is 11.8 Å². The molecule has 2 nitrogen and oxygen atoms in total. The molecule has 0 saturated carbocycles. The Morgan fingerprint density at radius 3 is 2.00 bits per heavy atom. The van der Waals surface area contributed by atoms with Gasteiger partial charge in [0.25, 0.3) is 0 Å². The molecule has 0 spiro atoms. The van der Waals surface area contributed by atoms with E-state index in [0.29, 0.717) is 0 Å². The third-order valence-electron chi connectivity index (χ3n) is 4.43. The van der Waals surface area contributed by atoms with E-state index in [9.17, 15) is 4.79 Å². The minimum Gasteiger partial charge on any atom is -0.481 e. The van der Waals surface area contributed by atoms with E-state index in [0.717, 1.165) is 25.7 Å². The number of unbranched alkanes of at least 4 members (excludes halogenated alkanes) is 10. The second kappa shape index (κ2) is 17.3. The zero-order valence-corrected chi connectivity index (χ0v) is 17.4. The quantitative estimate of drug-likeness (QED) is 0.183. The number of aliphatic carboxylic acids is 1. The molecule has 0 aliphatic rings. The SMILES string of the molecule is CCCCCCCCCCCCC#CC(Br)CCCC(C)C(=O)O. The van der Waals surface area contributed by atoms with Crippen LogP contribution in [0.3, 0.4) is 0 Å². The molecular formula is C21H37BrO2. The maximum absolute atomic E-state index is 10.7. The topological polar surface area (TPSA) is 37.3 Å².